The third kappa shape index (κ3) is 3.54. The Balaban J connectivity index is 1.71. The van der Waals surface area contributed by atoms with E-state index in [0.29, 0.717) is 16.6 Å². The van der Waals surface area contributed by atoms with Crippen molar-refractivity contribution in [2.24, 2.45) is 0 Å². The van der Waals surface area contributed by atoms with Crippen molar-refractivity contribution in [1.82, 2.24) is 14.8 Å². The molecular weight excluding hydrogens is 366 g/mol. The van der Waals surface area contributed by atoms with Crippen LogP contribution in [0.5, 0.6) is 0 Å². The zero-order valence-electron chi connectivity index (χ0n) is 14.1. The first kappa shape index (κ1) is 16.9. The van der Waals surface area contributed by atoms with Gasteiger partial charge >= 0.3 is 0 Å². The van der Waals surface area contributed by atoms with Crippen molar-refractivity contribution >= 4 is 23.4 Å². The largest absolute Gasteiger partial charge is 0.461 e. The van der Waals surface area contributed by atoms with E-state index in [2.05, 4.69) is 41.4 Å². The second-order valence-corrected chi connectivity index (χ2v) is 7.25. The first-order valence-electron chi connectivity index (χ1n) is 8.14. The number of aromatic nitrogens is 3. The molecule has 4 rings (SSSR count). The number of furan rings is 1. The summed E-state index contributed by atoms with van der Waals surface area (Å²) in [5.74, 6) is 2.16. The molecule has 2 heterocycles. The van der Waals surface area contributed by atoms with Crippen LogP contribution in [0.15, 0.2) is 76.5 Å². The molecular formula is C20H16ClN3OS. The smallest absolute Gasteiger partial charge is 0.205 e. The molecule has 0 saturated carbocycles. The average molecular weight is 382 g/mol. The standard InChI is InChI=1S/C20H16ClN3OS/c1-14-4-2-5-15(12-14)13-26-20-23-22-19(18-6-3-11-25-18)24(20)17-9-7-16(21)8-10-17/h2-12H,13H2,1H3. The van der Waals surface area contributed by atoms with Crippen molar-refractivity contribution < 1.29 is 4.42 Å². The topological polar surface area (TPSA) is 43.9 Å². The Hall–Kier alpha value is -2.50. The summed E-state index contributed by atoms with van der Waals surface area (Å²) >= 11 is 7.68. The van der Waals surface area contributed by atoms with Crippen LogP contribution in [0, 0.1) is 6.92 Å². The molecule has 6 heteroatoms. The van der Waals surface area contributed by atoms with Crippen LogP contribution in [0.1, 0.15) is 11.1 Å². The molecule has 0 unspecified atom stereocenters. The highest BCUT2D eigenvalue weighted by Crippen LogP contribution is 2.30. The van der Waals surface area contributed by atoms with E-state index in [-0.39, 0.29) is 0 Å². The van der Waals surface area contributed by atoms with Crippen molar-refractivity contribution in [3.05, 3.63) is 83.1 Å². The van der Waals surface area contributed by atoms with Gasteiger partial charge in [0.1, 0.15) is 0 Å². The van der Waals surface area contributed by atoms with Crippen LogP contribution in [0.25, 0.3) is 17.3 Å². The van der Waals surface area contributed by atoms with Crippen LogP contribution in [0.2, 0.25) is 5.02 Å². The average Bonchev–Trinajstić information content (AvgIpc) is 3.30. The van der Waals surface area contributed by atoms with Gasteiger partial charge in [-0.2, -0.15) is 0 Å². The van der Waals surface area contributed by atoms with Gasteiger partial charge in [0.2, 0.25) is 5.82 Å². The maximum Gasteiger partial charge on any atom is 0.205 e. The van der Waals surface area contributed by atoms with Gasteiger partial charge in [-0.05, 0) is 48.9 Å². The lowest BCUT2D eigenvalue weighted by Crippen LogP contribution is -1.99. The quantitative estimate of drug-likeness (QED) is 0.411. The minimum atomic E-state index is 0.670. The van der Waals surface area contributed by atoms with Gasteiger partial charge in [-0.1, -0.05) is 53.2 Å². The first-order chi connectivity index (χ1) is 12.7. The minimum absolute atomic E-state index is 0.670. The molecule has 0 radical (unpaired) electrons. The predicted molar refractivity (Wildman–Crippen MR) is 105 cm³/mol. The van der Waals surface area contributed by atoms with Crippen molar-refractivity contribution in [1.29, 1.82) is 0 Å². The summed E-state index contributed by atoms with van der Waals surface area (Å²) in [6.07, 6.45) is 1.63. The number of rotatable bonds is 5. The monoisotopic (exact) mass is 381 g/mol. The summed E-state index contributed by atoms with van der Waals surface area (Å²) in [5, 5.41) is 10.2. The zero-order chi connectivity index (χ0) is 17.9. The number of thioether (sulfide) groups is 1. The van der Waals surface area contributed by atoms with Crippen molar-refractivity contribution in [2.75, 3.05) is 0 Å². The maximum atomic E-state index is 6.04. The Bertz CT molecular complexity index is 1010. The molecule has 26 heavy (non-hydrogen) atoms. The number of hydrogen-bond acceptors (Lipinski definition) is 4. The fraction of sp³-hybridized carbons (Fsp3) is 0.100. The van der Waals surface area contributed by atoms with Gasteiger partial charge in [-0.25, -0.2) is 0 Å². The molecule has 0 aliphatic heterocycles. The molecule has 0 spiro atoms. The lowest BCUT2D eigenvalue weighted by molar-refractivity contribution is 0.575. The third-order valence-electron chi connectivity index (χ3n) is 3.91. The van der Waals surface area contributed by atoms with Crippen LogP contribution >= 0.6 is 23.4 Å². The summed E-state index contributed by atoms with van der Waals surface area (Å²) in [7, 11) is 0. The summed E-state index contributed by atoms with van der Waals surface area (Å²) in [5.41, 5.74) is 3.44. The maximum absolute atomic E-state index is 6.04. The first-order valence-corrected chi connectivity index (χ1v) is 9.50. The van der Waals surface area contributed by atoms with Gasteiger partial charge < -0.3 is 4.42 Å². The lowest BCUT2D eigenvalue weighted by atomic mass is 10.2. The molecule has 4 nitrogen and oxygen atoms in total. The summed E-state index contributed by atoms with van der Waals surface area (Å²) in [4.78, 5) is 0. The molecule has 0 aliphatic rings. The number of aryl methyl sites for hydroxylation is 1. The van der Waals surface area contributed by atoms with Gasteiger partial charge in [0, 0.05) is 16.5 Å². The molecule has 0 fully saturated rings. The normalized spacial score (nSPS) is 11.0. The van der Waals surface area contributed by atoms with Gasteiger partial charge in [-0.15, -0.1) is 10.2 Å². The van der Waals surface area contributed by atoms with E-state index in [9.17, 15) is 0 Å². The van der Waals surface area contributed by atoms with Crippen LogP contribution in [-0.2, 0) is 5.75 Å². The fourth-order valence-electron chi connectivity index (χ4n) is 2.70. The van der Waals surface area contributed by atoms with Crippen LogP contribution in [-0.4, -0.2) is 14.8 Å². The number of benzene rings is 2. The van der Waals surface area contributed by atoms with Gasteiger partial charge in [0.25, 0.3) is 0 Å². The molecule has 0 N–H and O–H groups in total. The Labute approximate surface area is 160 Å². The SMILES string of the molecule is Cc1cccc(CSc2nnc(-c3ccco3)n2-c2ccc(Cl)cc2)c1. The minimum Gasteiger partial charge on any atom is -0.461 e. The molecule has 0 saturated heterocycles. The molecule has 0 atom stereocenters. The van der Waals surface area contributed by atoms with Crippen molar-refractivity contribution in [2.45, 2.75) is 17.8 Å². The molecule has 2 aromatic carbocycles. The zero-order valence-corrected chi connectivity index (χ0v) is 15.7. The van der Waals surface area contributed by atoms with Gasteiger partial charge in [-0.3, -0.25) is 4.57 Å². The number of nitrogens with zero attached hydrogens (tertiary/aromatic N) is 3. The van der Waals surface area contributed by atoms with Crippen LogP contribution in [0.3, 0.4) is 0 Å². The highest BCUT2D eigenvalue weighted by molar-refractivity contribution is 7.98. The Morgan fingerprint density at radius 1 is 1.04 bits per heavy atom. The predicted octanol–water partition coefficient (Wildman–Crippen LogP) is 5.78. The molecule has 0 aliphatic carbocycles. The second kappa shape index (κ2) is 7.40. The van der Waals surface area contributed by atoms with Crippen molar-refractivity contribution in [3.63, 3.8) is 0 Å². The van der Waals surface area contributed by atoms with E-state index in [4.69, 9.17) is 16.0 Å². The van der Waals surface area contributed by atoms with E-state index >= 15 is 0 Å². The van der Waals surface area contributed by atoms with E-state index < -0.39 is 0 Å². The highest BCUT2D eigenvalue weighted by Gasteiger charge is 2.18. The number of halogens is 1. The lowest BCUT2D eigenvalue weighted by Gasteiger charge is -2.09. The van der Waals surface area contributed by atoms with E-state index in [1.54, 1.807) is 18.0 Å². The summed E-state index contributed by atoms with van der Waals surface area (Å²) < 4.78 is 7.53. The summed E-state index contributed by atoms with van der Waals surface area (Å²) in [6, 6.07) is 19.8. The van der Waals surface area contributed by atoms with Crippen molar-refractivity contribution in [3.8, 4) is 17.3 Å². The fourth-order valence-corrected chi connectivity index (χ4v) is 3.72. The van der Waals surface area contributed by atoms with Gasteiger partial charge in [0.05, 0.1) is 6.26 Å². The molecule has 0 bridgehead atoms. The Morgan fingerprint density at radius 2 is 1.88 bits per heavy atom. The van der Waals surface area contributed by atoms with Crippen LogP contribution in [0.4, 0.5) is 0 Å². The number of hydrogen-bond donors (Lipinski definition) is 0. The molecule has 0 amide bonds. The van der Waals surface area contributed by atoms with Crippen LogP contribution < -0.4 is 0 Å². The third-order valence-corrected chi connectivity index (χ3v) is 5.16. The summed E-state index contributed by atoms with van der Waals surface area (Å²) in [6.45, 7) is 2.10. The van der Waals surface area contributed by atoms with E-state index in [0.717, 1.165) is 16.6 Å². The Morgan fingerprint density at radius 3 is 2.62 bits per heavy atom. The molecule has 2 aromatic heterocycles. The molecule has 130 valence electrons. The molecule has 4 aromatic rings. The van der Waals surface area contributed by atoms with Gasteiger partial charge in [0.15, 0.2) is 10.9 Å². The van der Waals surface area contributed by atoms with E-state index in [1.165, 1.54) is 11.1 Å². The van der Waals surface area contributed by atoms with E-state index in [1.807, 2.05) is 41.0 Å². The highest BCUT2D eigenvalue weighted by atomic mass is 35.5. The second-order valence-electron chi connectivity index (χ2n) is 5.87. The Kier molecular flexibility index (Phi) is 4.82.